The van der Waals surface area contributed by atoms with Crippen LogP contribution in [-0.2, 0) is 9.53 Å². The van der Waals surface area contributed by atoms with E-state index in [1.807, 2.05) is 0 Å². The summed E-state index contributed by atoms with van der Waals surface area (Å²) in [6.07, 6.45) is -2.01. The molecule has 0 aliphatic rings. The van der Waals surface area contributed by atoms with Gasteiger partial charge in [0.15, 0.2) is 6.29 Å². The minimum absolute atomic E-state index is 0.231. The van der Waals surface area contributed by atoms with Crippen molar-refractivity contribution in [2.45, 2.75) is 32.5 Å². The van der Waals surface area contributed by atoms with Gasteiger partial charge in [0.2, 0.25) is 0 Å². The number of esters is 1. The number of aldehydes is 1. The topological polar surface area (TPSA) is 83.8 Å². The molecule has 6 heteroatoms. The zero-order valence-corrected chi connectivity index (χ0v) is 11.1. The maximum atomic E-state index is 11.2. The summed E-state index contributed by atoms with van der Waals surface area (Å²) in [6, 6.07) is 1.63. The van der Waals surface area contributed by atoms with E-state index in [4.69, 9.17) is 4.74 Å². The van der Waals surface area contributed by atoms with Crippen molar-refractivity contribution in [3.05, 3.63) is 21.4 Å². The monoisotopic (exact) mass is 272 g/mol. The molecule has 18 heavy (non-hydrogen) atoms. The first-order valence-electron chi connectivity index (χ1n) is 5.56. The van der Waals surface area contributed by atoms with Crippen molar-refractivity contribution in [3.8, 4) is 0 Å². The largest absolute Gasteiger partial charge is 0.466 e. The predicted octanol–water partition coefficient (Wildman–Crippen LogP) is 1.22. The van der Waals surface area contributed by atoms with Gasteiger partial charge in [0.1, 0.15) is 6.10 Å². The third kappa shape index (κ3) is 3.63. The summed E-state index contributed by atoms with van der Waals surface area (Å²) in [5, 5.41) is 19.7. The van der Waals surface area contributed by atoms with Gasteiger partial charge in [0, 0.05) is 4.88 Å². The molecule has 1 heterocycles. The lowest BCUT2D eigenvalue weighted by molar-refractivity contribution is -0.147. The first kappa shape index (κ1) is 14.8. The lowest BCUT2D eigenvalue weighted by Gasteiger charge is -2.16. The first-order chi connectivity index (χ1) is 8.49. The Labute approximate surface area is 109 Å². The second-order valence-electron chi connectivity index (χ2n) is 3.84. The van der Waals surface area contributed by atoms with E-state index in [0.29, 0.717) is 16.0 Å². The number of carbonyl (C=O) groups is 2. The minimum Gasteiger partial charge on any atom is -0.466 e. The number of ether oxygens (including phenoxy) is 1. The van der Waals surface area contributed by atoms with Gasteiger partial charge in [0.25, 0.3) is 0 Å². The van der Waals surface area contributed by atoms with Crippen molar-refractivity contribution in [3.63, 3.8) is 0 Å². The fourth-order valence-electron chi connectivity index (χ4n) is 1.55. The van der Waals surface area contributed by atoms with E-state index in [9.17, 15) is 19.8 Å². The lowest BCUT2D eigenvalue weighted by Crippen LogP contribution is -2.23. The number of thiophene rings is 1. The molecule has 2 atom stereocenters. The molecule has 2 N–H and O–H groups in total. The Morgan fingerprint density at radius 2 is 2.22 bits per heavy atom. The second-order valence-corrected chi connectivity index (χ2v) is 4.95. The van der Waals surface area contributed by atoms with E-state index in [1.165, 1.54) is 0 Å². The van der Waals surface area contributed by atoms with E-state index in [1.54, 1.807) is 19.9 Å². The van der Waals surface area contributed by atoms with E-state index < -0.39 is 18.2 Å². The molecule has 1 aromatic heterocycles. The fourth-order valence-corrected chi connectivity index (χ4v) is 2.59. The van der Waals surface area contributed by atoms with Gasteiger partial charge in [-0.3, -0.25) is 9.59 Å². The molecule has 100 valence electrons. The maximum absolute atomic E-state index is 11.2. The van der Waals surface area contributed by atoms with Crippen molar-refractivity contribution >= 4 is 23.6 Å². The highest BCUT2D eigenvalue weighted by atomic mass is 32.1. The summed E-state index contributed by atoms with van der Waals surface area (Å²) in [6.45, 7) is 3.63. The number of hydrogen-bond donors (Lipinski definition) is 2. The Hall–Kier alpha value is -1.24. The zero-order valence-electron chi connectivity index (χ0n) is 10.3. The lowest BCUT2D eigenvalue weighted by atomic mass is 10.1. The highest BCUT2D eigenvalue weighted by Gasteiger charge is 2.25. The molecule has 2 unspecified atom stereocenters. The molecule has 0 fully saturated rings. The molecule has 0 aliphatic heterocycles. The average Bonchev–Trinajstić information content (AvgIpc) is 2.69. The van der Waals surface area contributed by atoms with Gasteiger partial charge in [-0.25, -0.2) is 0 Å². The van der Waals surface area contributed by atoms with Gasteiger partial charge in [-0.1, -0.05) is 0 Å². The van der Waals surface area contributed by atoms with Gasteiger partial charge in [-0.05, 0) is 25.5 Å². The van der Waals surface area contributed by atoms with Crippen LogP contribution in [0.25, 0.3) is 0 Å². The van der Waals surface area contributed by atoms with Gasteiger partial charge in [-0.2, -0.15) is 0 Å². The summed E-state index contributed by atoms with van der Waals surface area (Å²) in [5.74, 6) is -0.561. The zero-order chi connectivity index (χ0) is 13.7. The van der Waals surface area contributed by atoms with Crippen molar-refractivity contribution in [2.24, 2.45) is 0 Å². The van der Waals surface area contributed by atoms with Crippen molar-refractivity contribution in [1.29, 1.82) is 0 Å². The van der Waals surface area contributed by atoms with E-state index in [0.717, 1.165) is 16.9 Å². The van der Waals surface area contributed by atoms with Crippen LogP contribution in [0.2, 0.25) is 0 Å². The molecule has 0 spiro atoms. The summed E-state index contributed by atoms with van der Waals surface area (Å²) < 4.78 is 4.69. The number of carbonyl (C=O) groups excluding carboxylic acids is 2. The van der Waals surface area contributed by atoms with Crippen molar-refractivity contribution < 1.29 is 24.5 Å². The minimum atomic E-state index is -1.24. The highest BCUT2D eigenvalue weighted by Crippen LogP contribution is 2.30. The second kappa shape index (κ2) is 6.63. The van der Waals surface area contributed by atoms with E-state index in [-0.39, 0.29) is 13.0 Å². The molecule has 0 saturated heterocycles. The highest BCUT2D eigenvalue weighted by molar-refractivity contribution is 7.13. The van der Waals surface area contributed by atoms with Crippen molar-refractivity contribution in [1.82, 2.24) is 0 Å². The smallest absolute Gasteiger partial charge is 0.308 e. The van der Waals surface area contributed by atoms with Crippen LogP contribution >= 0.6 is 11.3 Å². The fraction of sp³-hybridized carbons (Fsp3) is 0.500. The predicted molar refractivity (Wildman–Crippen MR) is 66.7 cm³/mol. The van der Waals surface area contributed by atoms with Crippen LogP contribution in [0.15, 0.2) is 6.07 Å². The molecule has 0 saturated carbocycles. The normalized spacial score (nSPS) is 14.0. The molecular formula is C12H16O5S. The molecule has 0 aliphatic carbocycles. The SMILES string of the molecule is CCOC(=O)CC(O)C(O)c1sc(C=O)cc1C. The van der Waals surface area contributed by atoms with E-state index in [2.05, 4.69) is 0 Å². The third-order valence-corrected chi connectivity index (χ3v) is 3.64. The molecule has 5 nitrogen and oxygen atoms in total. The Morgan fingerprint density at radius 3 is 2.72 bits per heavy atom. The maximum Gasteiger partial charge on any atom is 0.308 e. The van der Waals surface area contributed by atoms with Gasteiger partial charge < -0.3 is 14.9 Å². The van der Waals surface area contributed by atoms with Gasteiger partial charge >= 0.3 is 5.97 Å². The molecular weight excluding hydrogens is 256 g/mol. The summed E-state index contributed by atoms with van der Waals surface area (Å²) in [4.78, 5) is 22.8. The van der Waals surface area contributed by atoms with Gasteiger partial charge in [0.05, 0.1) is 24.0 Å². The Balaban J connectivity index is 2.73. The number of hydrogen-bond acceptors (Lipinski definition) is 6. The van der Waals surface area contributed by atoms with Gasteiger partial charge in [-0.15, -0.1) is 11.3 Å². The van der Waals surface area contributed by atoms with Crippen LogP contribution < -0.4 is 0 Å². The number of aryl methyl sites for hydroxylation is 1. The van der Waals surface area contributed by atoms with Crippen LogP contribution in [-0.4, -0.2) is 35.2 Å². The molecule has 0 aromatic carbocycles. The van der Waals surface area contributed by atoms with Crippen LogP contribution in [0.3, 0.4) is 0 Å². The molecule has 1 aromatic rings. The summed E-state index contributed by atoms with van der Waals surface area (Å²) in [7, 11) is 0. The van der Waals surface area contributed by atoms with Crippen LogP contribution in [0.1, 0.15) is 39.6 Å². The Morgan fingerprint density at radius 1 is 1.56 bits per heavy atom. The first-order valence-corrected chi connectivity index (χ1v) is 6.38. The van der Waals surface area contributed by atoms with Crippen LogP contribution in [0.5, 0.6) is 0 Å². The van der Waals surface area contributed by atoms with E-state index >= 15 is 0 Å². The molecule has 0 bridgehead atoms. The Bertz CT molecular complexity index is 426. The third-order valence-electron chi connectivity index (χ3n) is 2.41. The molecule has 1 rings (SSSR count). The number of aliphatic hydroxyl groups excluding tert-OH is 2. The number of rotatable bonds is 6. The van der Waals surface area contributed by atoms with Crippen LogP contribution in [0.4, 0.5) is 0 Å². The quantitative estimate of drug-likeness (QED) is 0.601. The molecule has 0 radical (unpaired) electrons. The van der Waals surface area contributed by atoms with Crippen molar-refractivity contribution in [2.75, 3.05) is 6.61 Å². The number of aliphatic hydroxyl groups is 2. The standard InChI is InChI=1S/C12H16O5S/c1-3-17-10(15)5-9(14)11(16)12-7(2)4-8(6-13)18-12/h4,6,9,11,14,16H,3,5H2,1-2H3. The van der Waals surface area contributed by atoms with Crippen LogP contribution in [0, 0.1) is 6.92 Å². The Kier molecular flexibility index (Phi) is 5.46. The summed E-state index contributed by atoms with van der Waals surface area (Å²) in [5.41, 5.74) is 0.720. The average molecular weight is 272 g/mol. The molecule has 0 amide bonds. The summed E-state index contributed by atoms with van der Waals surface area (Å²) >= 11 is 1.11.